The number of benzene rings is 1. The Labute approximate surface area is 128 Å². The summed E-state index contributed by atoms with van der Waals surface area (Å²) in [6.45, 7) is 1.31. The molecule has 5 nitrogen and oxygen atoms in total. The van der Waals surface area contributed by atoms with Crippen LogP contribution < -0.4 is 4.90 Å². The Balaban J connectivity index is 2.27. The molecule has 1 amide bonds. The highest BCUT2D eigenvalue weighted by atomic mass is 16.5. The summed E-state index contributed by atoms with van der Waals surface area (Å²) in [5.74, 6) is -1.14. The Kier molecular flexibility index (Phi) is 3.25. The normalized spacial score (nSPS) is 29.3. The Hall–Kier alpha value is -2.61. The van der Waals surface area contributed by atoms with Crippen LogP contribution in [0.4, 0.5) is 5.69 Å². The lowest BCUT2D eigenvalue weighted by Crippen LogP contribution is -2.57. The first kappa shape index (κ1) is 14.3. The third-order valence-corrected chi connectivity index (χ3v) is 4.50. The largest absolute Gasteiger partial charge is 0.456 e. The molecule has 112 valence electrons. The number of carbonyl (C=O) groups excluding carboxylic acids is 2. The molecule has 0 unspecified atom stereocenters. The number of carbonyl (C=O) groups is 2. The van der Waals surface area contributed by atoms with Crippen molar-refractivity contribution in [2.45, 2.75) is 24.9 Å². The third-order valence-electron chi connectivity index (χ3n) is 4.50. The topological polar surface area (TPSA) is 70.4 Å². The monoisotopic (exact) mass is 296 g/mol. The number of nitrogens with zero attached hydrogens (tertiary/aromatic N) is 2. The molecule has 0 fully saturated rings. The number of esters is 1. The van der Waals surface area contributed by atoms with Gasteiger partial charge in [0.1, 0.15) is 11.5 Å². The van der Waals surface area contributed by atoms with E-state index >= 15 is 0 Å². The molecule has 3 rings (SSSR count). The van der Waals surface area contributed by atoms with E-state index in [0.717, 1.165) is 5.56 Å². The minimum atomic E-state index is -1.17. The Bertz CT molecular complexity index is 719. The quantitative estimate of drug-likeness (QED) is 0.586. The fraction of sp³-hybridized carbons (Fsp3) is 0.353. The number of anilines is 1. The number of para-hydroxylation sites is 1. The maximum atomic E-state index is 12.7. The van der Waals surface area contributed by atoms with Gasteiger partial charge in [0, 0.05) is 25.2 Å². The fourth-order valence-electron chi connectivity index (χ4n) is 3.49. The minimum absolute atomic E-state index is 0.123. The van der Waals surface area contributed by atoms with Crippen molar-refractivity contribution in [2.24, 2.45) is 5.92 Å². The number of allylic oxidation sites excluding steroid dienone is 1. The second-order valence-corrected chi connectivity index (χ2v) is 5.64. The third kappa shape index (κ3) is 1.77. The maximum absolute atomic E-state index is 12.7. The summed E-state index contributed by atoms with van der Waals surface area (Å²) >= 11 is 0. The molecule has 0 radical (unpaired) electrons. The van der Waals surface area contributed by atoms with Gasteiger partial charge < -0.3 is 9.64 Å². The van der Waals surface area contributed by atoms with Gasteiger partial charge in [0.2, 0.25) is 5.91 Å². The maximum Gasteiger partial charge on any atom is 0.303 e. The fourth-order valence-corrected chi connectivity index (χ4v) is 3.49. The van der Waals surface area contributed by atoms with Gasteiger partial charge in [-0.25, -0.2) is 0 Å². The lowest BCUT2D eigenvalue weighted by atomic mass is 9.61. The van der Waals surface area contributed by atoms with E-state index in [1.807, 2.05) is 30.3 Å². The Morgan fingerprint density at radius 1 is 1.45 bits per heavy atom. The number of amides is 1. The van der Waals surface area contributed by atoms with Gasteiger partial charge in [-0.3, -0.25) is 9.59 Å². The molecule has 0 spiro atoms. The van der Waals surface area contributed by atoms with Crippen molar-refractivity contribution in [3.63, 3.8) is 0 Å². The average molecular weight is 296 g/mol. The number of nitriles is 1. The van der Waals surface area contributed by atoms with Gasteiger partial charge in [-0.2, -0.15) is 5.26 Å². The van der Waals surface area contributed by atoms with Gasteiger partial charge in [-0.05, 0) is 18.6 Å². The van der Waals surface area contributed by atoms with E-state index in [9.17, 15) is 14.9 Å². The molecule has 0 saturated heterocycles. The summed E-state index contributed by atoms with van der Waals surface area (Å²) in [6, 6.07) is 9.62. The molecule has 2 aliphatic rings. The van der Waals surface area contributed by atoms with Crippen molar-refractivity contribution in [2.75, 3.05) is 11.9 Å². The first-order valence-electron chi connectivity index (χ1n) is 7.14. The van der Waals surface area contributed by atoms with Crippen molar-refractivity contribution in [3.05, 3.63) is 42.0 Å². The van der Waals surface area contributed by atoms with Crippen LogP contribution >= 0.6 is 0 Å². The van der Waals surface area contributed by atoms with Crippen LogP contribution in [0.1, 0.15) is 18.9 Å². The predicted molar refractivity (Wildman–Crippen MR) is 79.9 cm³/mol. The van der Waals surface area contributed by atoms with E-state index in [2.05, 4.69) is 6.07 Å². The van der Waals surface area contributed by atoms with Crippen LogP contribution in [0.15, 0.2) is 36.4 Å². The van der Waals surface area contributed by atoms with Crippen molar-refractivity contribution in [1.82, 2.24) is 0 Å². The van der Waals surface area contributed by atoms with Crippen LogP contribution in [0.2, 0.25) is 0 Å². The SMILES string of the molecule is CC(=O)O[C@H]1C=CC[C@@H]2C(=O)N(C)c3ccccc3[C@]12C#N. The van der Waals surface area contributed by atoms with E-state index in [1.165, 1.54) is 6.92 Å². The number of ether oxygens (including phenoxy) is 1. The first-order valence-corrected chi connectivity index (χ1v) is 7.14. The van der Waals surface area contributed by atoms with Gasteiger partial charge >= 0.3 is 5.97 Å². The summed E-state index contributed by atoms with van der Waals surface area (Å²) in [6.07, 6.45) is 3.24. The summed E-state index contributed by atoms with van der Waals surface area (Å²) in [5.41, 5.74) is 0.263. The molecule has 22 heavy (non-hydrogen) atoms. The second-order valence-electron chi connectivity index (χ2n) is 5.64. The molecule has 1 aliphatic heterocycles. The highest BCUT2D eigenvalue weighted by molar-refractivity contribution is 6.00. The molecule has 1 aliphatic carbocycles. The predicted octanol–water partition coefficient (Wildman–Crippen LogP) is 1.93. The lowest BCUT2D eigenvalue weighted by Gasteiger charge is -2.47. The van der Waals surface area contributed by atoms with Gasteiger partial charge in [0.15, 0.2) is 0 Å². The highest BCUT2D eigenvalue weighted by Gasteiger charge is 2.57. The van der Waals surface area contributed by atoms with Crippen LogP contribution in [-0.2, 0) is 19.7 Å². The van der Waals surface area contributed by atoms with Gasteiger partial charge in [-0.15, -0.1) is 0 Å². The molecule has 0 aromatic heterocycles. The minimum Gasteiger partial charge on any atom is -0.456 e. The molecule has 1 aromatic rings. The van der Waals surface area contributed by atoms with Gasteiger partial charge in [-0.1, -0.05) is 24.3 Å². The zero-order chi connectivity index (χ0) is 15.9. The van der Waals surface area contributed by atoms with E-state index in [1.54, 1.807) is 18.0 Å². The van der Waals surface area contributed by atoms with Crippen molar-refractivity contribution < 1.29 is 14.3 Å². The van der Waals surface area contributed by atoms with Gasteiger partial charge in [0.25, 0.3) is 0 Å². The summed E-state index contributed by atoms with van der Waals surface area (Å²) in [4.78, 5) is 25.7. The lowest BCUT2D eigenvalue weighted by molar-refractivity contribution is -0.149. The van der Waals surface area contributed by atoms with Crippen LogP contribution in [0.3, 0.4) is 0 Å². The Morgan fingerprint density at radius 2 is 2.18 bits per heavy atom. The summed E-state index contributed by atoms with van der Waals surface area (Å²) in [5, 5.41) is 9.97. The molecular formula is C17H16N2O3. The average Bonchev–Trinajstić information content (AvgIpc) is 2.52. The van der Waals surface area contributed by atoms with Gasteiger partial charge in [0.05, 0.1) is 12.0 Å². The van der Waals surface area contributed by atoms with Crippen LogP contribution in [0, 0.1) is 17.2 Å². The standard InChI is InChI=1S/C17H16N2O3/c1-11(20)22-15-9-5-7-13-16(21)19(2)14-8-4-3-6-12(14)17(13,15)10-18/h3-6,8-9,13,15H,7H2,1-2H3/t13-,15+,17+/m1/s1. The molecule has 0 N–H and O–H groups in total. The van der Waals surface area contributed by atoms with E-state index in [0.29, 0.717) is 12.1 Å². The molecular weight excluding hydrogens is 280 g/mol. The van der Waals surface area contributed by atoms with Crippen molar-refractivity contribution in [1.29, 1.82) is 5.26 Å². The zero-order valence-corrected chi connectivity index (χ0v) is 12.4. The molecule has 0 bridgehead atoms. The first-order chi connectivity index (χ1) is 10.5. The van der Waals surface area contributed by atoms with Crippen LogP contribution in [0.5, 0.6) is 0 Å². The summed E-state index contributed by atoms with van der Waals surface area (Å²) < 4.78 is 5.38. The zero-order valence-electron chi connectivity index (χ0n) is 12.4. The molecule has 3 atom stereocenters. The van der Waals surface area contributed by atoms with Crippen molar-refractivity contribution in [3.8, 4) is 6.07 Å². The number of hydrogen-bond donors (Lipinski definition) is 0. The molecule has 0 saturated carbocycles. The van der Waals surface area contributed by atoms with E-state index < -0.39 is 23.4 Å². The number of fused-ring (bicyclic) bond motifs is 3. The van der Waals surface area contributed by atoms with E-state index in [-0.39, 0.29) is 5.91 Å². The van der Waals surface area contributed by atoms with Crippen molar-refractivity contribution >= 4 is 17.6 Å². The molecule has 1 aromatic carbocycles. The smallest absolute Gasteiger partial charge is 0.303 e. The van der Waals surface area contributed by atoms with E-state index in [4.69, 9.17) is 4.74 Å². The number of rotatable bonds is 1. The second kappa shape index (κ2) is 4.99. The Morgan fingerprint density at radius 3 is 2.86 bits per heavy atom. The summed E-state index contributed by atoms with van der Waals surface area (Å²) in [7, 11) is 1.71. The number of hydrogen-bond acceptors (Lipinski definition) is 4. The highest BCUT2D eigenvalue weighted by Crippen LogP contribution is 2.49. The molecule has 1 heterocycles. The molecule has 5 heteroatoms. The van der Waals surface area contributed by atoms with Crippen LogP contribution in [-0.4, -0.2) is 25.0 Å². The van der Waals surface area contributed by atoms with Crippen LogP contribution in [0.25, 0.3) is 0 Å².